The number of fused-ring (bicyclic) bond motifs is 1. The second kappa shape index (κ2) is 8.31. The normalized spacial score (nSPS) is 10.8. The van der Waals surface area contributed by atoms with Crippen molar-refractivity contribution in [1.82, 2.24) is 9.55 Å². The maximum Gasteiger partial charge on any atom is 0.132 e. The topological polar surface area (TPSA) is 27.1 Å². The Morgan fingerprint density at radius 1 is 1.12 bits per heavy atom. The molecule has 2 heterocycles. The predicted octanol–water partition coefficient (Wildman–Crippen LogP) is 6.37. The quantitative estimate of drug-likeness (QED) is 0.498. The van der Waals surface area contributed by atoms with Gasteiger partial charge in [-0.1, -0.05) is 30.1 Å². The molecule has 3 aromatic rings. The molecule has 0 aliphatic carbocycles. The van der Waals surface area contributed by atoms with Gasteiger partial charge in [0, 0.05) is 29.9 Å². The van der Waals surface area contributed by atoms with Crippen molar-refractivity contribution in [2.24, 2.45) is 0 Å². The van der Waals surface area contributed by atoms with Crippen molar-refractivity contribution in [3.05, 3.63) is 57.5 Å². The minimum absolute atomic E-state index is 0. The van der Waals surface area contributed by atoms with Gasteiger partial charge in [-0.2, -0.15) is 0 Å². The minimum Gasteiger partial charge on any atom is -0.487 e. The number of hydrogen-bond donors (Lipinski definition) is 0. The number of ether oxygens (including phenoxy) is 1. The van der Waals surface area contributed by atoms with Crippen LogP contribution in [0.15, 0.2) is 30.5 Å². The molecule has 0 aliphatic rings. The summed E-state index contributed by atoms with van der Waals surface area (Å²) < 4.78 is 8.24. The number of pyridine rings is 1. The molecule has 134 valence electrons. The van der Waals surface area contributed by atoms with Gasteiger partial charge in [0.2, 0.25) is 0 Å². The monoisotopic (exact) mass is 398 g/mol. The largest absolute Gasteiger partial charge is 0.487 e. The van der Waals surface area contributed by atoms with E-state index in [0.717, 1.165) is 24.2 Å². The van der Waals surface area contributed by atoms with Crippen LogP contribution in [0.4, 0.5) is 0 Å². The van der Waals surface area contributed by atoms with E-state index in [-0.39, 0.29) is 12.4 Å². The molecule has 0 saturated carbocycles. The van der Waals surface area contributed by atoms with Crippen molar-refractivity contribution in [1.29, 1.82) is 0 Å². The first-order chi connectivity index (χ1) is 11.5. The highest BCUT2D eigenvalue weighted by molar-refractivity contribution is 6.42. The fourth-order valence-corrected chi connectivity index (χ4v) is 3.28. The molecule has 0 fully saturated rings. The molecule has 0 amide bonds. The van der Waals surface area contributed by atoms with Gasteiger partial charge in [-0.3, -0.25) is 4.98 Å². The molecule has 0 radical (unpaired) electrons. The van der Waals surface area contributed by atoms with Crippen molar-refractivity contribution < 1.29 is 4.74 Å². The number of benzene rings is 1. The van der Waals surface area contributed by atoms with E-state index in [0.29, 0.717) is 22.4 Å². The van der Waals surface area contributed by atoms with E-state index in [2.05, 4.69) is 36.4 Å². The van der Waals surface area contributed by atoms with Crippen molar-refractivity contribution in [3.63, 3.8) is 0 Å². The fraction of sp³-hybridized carbons (Fsp3) is 0.316. The number of nitrogens with zero attached hydrogens (tertiary/aromatic N) is 2. The molecule has 6 heteroatoms. The molecule has 2 aromatic heterocycles. The Balaban J connectivity index is 0.00000225. The second-order valence-corrected chi connectivity index (χ2v) is 6.69. The number of aryl methyl sites for hydroxylation is 2. The molecule has 0 saturated heterocycles. The third-order valence-electron chi connectivity index (χ3n) is 4.34. The Bertz CT molecular complexity index is 890. The van der Waals surface area contributed by atoms with Crippen molar-refractivity contribution in [2.45, 2.75) is 40.3 Å². The Kier molecular flexibility index (Phi) is 6.61. The van der Waals surface area contributed by atoms with Crippen LogP contribution < -0.4 is 4.74 Å². The van der Waals surface area contributed by atoms with E-state index < -0.39 is 0 Å². The number of rotatable bonds is 5. The van der Waals surface area contributed by atoms with E-state index in [9.17, 15) is 0 Å². The molecule has 0 aliphatic heterocycles. The molecule has 25 heavy (non-hydrogen) atoms. The van der Waals surface area contributed by atoms with Crippen molar-refractivity contribution in [3.8, 4) is 5.75 Å². The van der Waals surface area contributed by atoms with Crippen LogP contribution in [0.3, 0.4) is 0 Å². The van der Waals surface area contributed by atoms with Gasteiger partial charge in [-0.05, 0) is 44.0 Å². The summed E-state index contributed by atoms with van der Waals surface area (Å²) in [4.78, 5) is 4.55. The average molecular weight is 400 g/mol. The first-order valence-electron chi connectivity index (χ1n) is 8.04. The summed E-state index contributed by atoms with van der Waals surface area (Å²) in [5, 5.41) is 2.25. The number of halogens is 3. The van der Waals surface area contributed by atoms with E-state index in [4.69, 9.17) is 27.9 Å². The van der Waals surface area contributed by atoms with E-state index in [1.807, 2.05) is 12.3 Å². The van der Waals surface area contributed by atoms with E-state index >= 15 is 0 Å². The van der Waals surface area contributed by atoms with E-state index in [1.165, 1.54) is 16.6 Å². The maximum atomic E-state index is 6.05. The van der Waals surface area contributed by atoms with Gasteiger partial charge >= 0.3 is 0 Å². The van der Waals surface area contributed by atoms with Crippen LogP contribution in [-0.2, 0) is 13.2 Å². The minimum atomic E-state index is 0. The number of aromatic nitrogens is 2. The molecular formula is C19H21Cl3N2O. The highest BCUT2D eigenvalue weighted by atomic mass is 35.5. The van der Waals surface area contributed by atoms with Gasteiger partial charge in [-0.15, -0.1) is 12.4 Å². The summed E-state index contributed by atoms with van der Waals surface area (Å²) in [7, 11) is 0. The summed E-state index contributed by atoms with van der Waals surface area (Å²) in [6.45, 7) is 7.87. The Morgan fingerprint density at radius 3 is 2.56 bits per heavy atom. The Hall–Kier alpha value is -1.42. The lowest BCUT2D eigenvalue weighted by Crippen LogP contribution is -2.05. The molecular weight excluding hydrogens is 379 g/mol. The molecule has 0 bridgehead atoms. The highest BCUT2D eigenvalue weighted by Gasteiger charge is 2.15. The third-order valence-corrected chi connectivity index (χ3v) is 5.07. The Labute approximate surface area is 164 Å². The predicted molar refractivity (Wildman–Crippen MR) is 108 cm³/mol. The highest BCUT2D eigenvalue weighted by Crippen LogP contribution is 2.29. The van der Waals surface area contributed by atoms with Crippen LogP contribution in [0.2, 0.25) is 10.0 Å². The first kappa shape index (κ1) is 19.9. The molecule has 0 spiro atoms. The average Bonchev–Trinajstić information content (AvgIpc) is 2.82. The van der Waals surface area contributed by atoms with E-state index in [1.54, 1.807) is 12.1 Å². The van der Waals surface area contributed by atoms with Gasteiger partial charge < -0.3 is 9.30 Å². The SMILES string of the molecule is CCCn1c(C)c(C)c2ccnc(COc3ccc(Cl)c(Cl)c3)c21.Cl. The maximum absolute atomic E-state index is 6.05. The molecule has 0 atom stereocenters. The Morgan fingerprint density at radius 2 is 1.88 bits per heavy atom. The number of hydrogen-bond acceptors (Lipinski definition) is 2. The van der Waals surface area contributed by atoms with Crippen LogP contribution in [0, 0.1) is 13.8 Å². The zero-order valence-corrected chi connectivity index (χ0v) is 16.8. The summed E-state index contributed by atoms with van der Waals surface area (Å²) in [6.07, 6.45) is 2.92. The smallest absolute Gasteiger partial charge is 0.132 e. The standard InChI is InChI=1S/C19H20Cl2N2O.ClH/c1-4-9-23-13(3)12(2)15-7-8-22-18(19(15)23)11-24-14-5-6-16(20)17(21)10-14;/h5-8,10H,4,9,11H2,1-3H3;1H. The van der Waals surface area contributed by atoms with Crippen LogP contribution in [0.25, 0.3) is 10.9 Å². The van der Waals surface area contributed by atoms with Crippen molar-refractivity contribution >= 4 is 46.5 Å². The lowest BCUT2D eigenvalue weighted by Gasteiger charge is -2.11. The summed E-state index contributed by atoms with van der Waals surface area (Å²) in [5.74, 6) is 0.685. The van der Waals surface area contributed by atoms with Crippen LogP contribution in [0.1, 0.15) is 30.3 Å². The van der Waals surface area contributed by atoms with Crippen LogP contribution >= 0.6 is 35.6 Å². The fourth-order valence-electron chi connectivity index (χ4n) is 2.99. The van der Waals surface area contributed by atoms with Crippen molar-refractivity contribution in [2.75, 3.05) is 0 Å². The van der Waals surface area contributed by atoms with Gasteiger partial charge in [0.05, 0.1) is 15.6 Å². The van der Waals surface area contributed by atoms with Gasteiger partial charge in [0.25, 0.3) is 0 Å². The third kappa shape index (κ3) is 3.89. The van der Waals surface area contributed by atoms with Gasteiger partial charge in [0.15, 0.2) is 0 Å². The lowest BCUT2D eigenvalue weighted by molar-refractivity contribution is 0.302. The molecule has 3 rings (SSSR count). The second-order valence-electron chi connectivity index (χ2n) is 5.88. The zero-order chi connectivity index (χ0) is 17.3. The zero-order valence-electron chi connectivity index (χ0n) is 14.5. The lowest BCUT2D eigenvalue weighted by atomic mass is 10.2. The first-order valence-corrected chi connectivity index (χ1v) is 8.79. The molecule has 0 N–H and O–H groups in total. The summed E-state index contributed by atoms with van der Waals surface area (Å²) in [6, 6.07) is 7.36. The summed E-state index contributed by atoms with van der Waals surface area (Å²) >= 11 is 12.0. The molecule has 0 unspecified atom stereocenters. The van der Waals surface area contributed by atoms with Crippen LogP contribution in [0.5, 0.6) is 5.75 Å². The molecule has 1 aromatic carbocycles. The van der Waals surface area contributed by atoms with Crippen LogP contribution in [-0.4, -0.2) is 9.55 Å². The molecule has 3 nitrogen and oxygen atoms in total. The van der Waals surface area contributed by atoms with Gasteiger partial charge in [0.1, 0.15) is 18.1 Å². The summed E-state index contributed by atoms with van der Waals surface area (Å²) in [5.41, 5.74) is 4.69. The van der Waals surface area contributed by atoms with Gasteiger partial charge in [-0.25, -0.2) is 0 Å².